The van der Waals surface area contributed by atoms with Gasteiger partial charge in [0.05, 0.1) is 19.0 Å². The van der Waals surface area contributed by atoms with Gasteiger partial charge in [-0.1, -0.05) is 27.7 Å². The van der Waals surface area contributed by atoms with Gasteiger partial charge in [-0.15, -0.1) is 10.2 Å². The molecule has 1 fully saturated rings. The number of morpholine rings is 1. The zero-order valence-electron chi connectivity index (χ0n) is 13.2. The van der Waals surface area contributed by atoms with Crippen molar-refractivity contribution in [2.24, 2.45) is 7.05 Å². The average Bonchev–Trinajstić information content (AvgIpc) is 2.97. The molecule has 0 radical (unpaired) electrons. The first-order valence-electron chi connectivity index (χ1n) is 7.54. The average molecular weight is 412 g/mol. The number of nitrogens with one attached hydrogen (secondary N) is 1. The molecule has 0 aliphatic carbocycles. The second kappa shape index (κ2) is 8.00. The molecule has 128 valence electrons. The summed E-state index contributed by atoms with van der Waals surface area (Å²) in [5, 5.41) is 12.0. The predicted octanol–water partition coefficient (Wildman–Crippen LogP) is 2.14. The monoisotopic (exact) mass is 411 g/mol. The molecule has 0 bridgehead atoms. The SMILES string of the molecule is Cn1c(SCC(=O)Nc2ccc(Br)cc2)nnc1N1CCOCC1. The van der Waals surface area contributed by atoms with Gasteiger partial charge in [0.25, 0.3) is 0 Å². The van der Waals surface area contributed by atoms with E-state index >= 15 is 0 Å². The van der Waals surface area contributed by atoms with Crippen LogP contribution in [0.3, 0.4) is 0 Å². The molecule has 1 N–H and O–H groups in total. The minimum Gasteiger partial charge on any atom is -0.378 e. The summed E-state index contributed by atoms with van der Waals surface area (Å²) in [4.78, 5) is 14.2. The fourth-order valence-corrected chi connectivity index (χ4v) is 3.30. The number of nitrogens with zero attached hydrogens (tertiary/aromatic N) is 4. The summed E-state index contributed by atoms with van der Waals surface area (Å²) < 4.78 is 8.25. The Labute approximate surface area is 152 Å². The highest BCUT2D eigenvalue weighted by atomic mass is 79.9. The van der Waals surface area contributed by atoms with E-state index in [9.17, 15) is 4.79 Å². The van der Waals surface area contributed by atoms with Crippen molar-refractivity contribution < 1.29 is 9.53 Å². The molecule has 1 aromatic carbocycles. The van der Waals surface area contributed by atoms with Crippen LogP contribution in [0.25, 0.3) is 0 Å². The second-order valence-electron chi connectivity index (χ2n) is 5.28. The predicted molar refractivity (Wildman–Crippen MR) is 97.5 cm³/mol. The van der Waals surface area contributed by atoms with Crippen LogP contribution in [0.15, 0.2) is 33.9 Å². The molecule has 0 unspecified atom stereocenters. The van der Waals surface area contributed by atoms with Crippen LogP contribution in [0.1, 0.15) is 0 Å². The Bertz CT molecular complexity index is 700. The lowest BCUT2D eigenvalue weighted by Crippen LogP contribution is -2.37. The van der Waals surface area contributed by atoms with Gasteiger partial charge in [-0.2, -0.15) is 0 Å². The number of rotatable bonds is 5. The van der Waals surface area contributed by atoms with Gasteiger partial charge in [-0.3, -0.25) is 9.36 Å². The van der Waals surface area contributed by atoms with Crippen molar-refractivity contribution in [3.05, 3.63) is 28.7 Å². The molecule has 2 aromatic rings. The molecule has 1 aliphatic heterocycles. The standard InChI is InChI=1S/C15H18BrN5O2S/c1-20-14(21-6-8-23-9-7-21)18-19-15(20)24-10-13(22)17-12-4-2-11(16)3-5-12/h2-5H,6-10H2,1H3,(H,17,22). The summed E-state index contributed by atoms with van der Waals surface area (Å²) in [5.74, 6) is 1.03. The lowest BCUT2D eigenvalue weighted by atomic mass is 10.3. The molecule has 2 heterocycles. The summed E-state index contributed by atoms with van der Waals surface area (Å²) in [5.41, 5.74) is 0.774. The van der Waals surface area contributed by atoms with Crippen LogP contribution in [-0.4, -0.2) is 52.7 Å². The zero-order valence-corrected chi connectivity index (χ0v) is 15.6. The maximum Gasteiger partial charge on any atom is 0.234 e. The molecule has 24 heavy (non-hydrogen) atoms. The van der Waals surface area contributed by atoms with E-state index in [0.717, 1.165) is 34.4 Å². The van der Waals surface area contributed by atoms with E-state index in [-0.39, 0.29) is 11.7 Å². The molecule has 1 saturated heterocycles. The van der Waals surface area contributed by atoms with Gasteiger partial charge in [0, 0.05) is 30.3 Å². The molecule has 7 nitrogen and oxygen atoms in total. The van der Waals surface area contributed by atoms with Gasteiger partial charge in [-0.05, 0) is 24.3 Å². The number of benzene rings is 1. The summed E-state index contributed by atoms with van der Waals surface area (Å²) in [6, 6.07) is 7.48. The summed E-state index contributed by atoms with van der Waals surface area (Å²) >= 11 is 4.74. The minimum atomic E-state index is -0.0711. The number of halogens is 1. The van der Waals surface area contributed by atoms with Gasteiger partial charge in [0.15, 0.2) is 5.16 Å². The van der Waals surface area contributed by atoms with Crippen LogP contribution in [0.2, 0.25) is 0 Å². The number of aromatic nitrogens is 3. The highest BCUT2D eigenvalue weighted by Crippen LogP contribution is 2.21. The number of hydrogen-bond donors (Lipinski definition) is 1. The molecule has 0 saturated carbocycles. The Hall–Kier alpha value is -1.58. The number of hydrogen-bond acceptors (Lipinski definition) is 6. The number of carbonyl (C=O) groups excluding carboxylic acids is 1. The molecule has 1 aromatic heterocycles. The Morgan fingerprint density at radius 1 is 1.29 bits per heavy atom. The van der Waals surface area contributed by atoms with Gasteiger partial charge in [0.1, 0.15) is 0 Å². The van der Waals surface area contributed by atoms with E-state index in [1.165, 1.54) is 11.8 Å². The number of anilines is 2. The molecule has 9 heteroatoms. The highest BCUT2D eigenvalue weighted by molar-refractivity contribution is 9.10. The van der Waals surface area contributed by atoms with Gasteiger partial charge >= 0.3 is 0 Å². The van der Waals surface area contributed by atoms with Crippen LogP contribution < -0.4 is 10.2 Å². The first-order valence-corrected chi connectivity index (χ1v) is 9.31. The van der Waals surface area contributed by atoms with E-state index in [4.69, 9.17) is 4.74 Å². The third-order valence-corrected chi connectivity index (χ3v) is 5.12. The second-order valence-corrected chi connectivity index (χ2v) is 7.14. The maximum absolute atomic E-state index is 12.1. The van der Waals surface area contributed by atoms with Crippen LogP contribution in [0.5, 0.6) is 0 Å². The van der Waals surface area contributed by atoms with E-state index < -0.39 is 0 Å². The quantitative estimate of drug-likeness (QED) is 0.759. The molecule has 0 spiro atoms. The van der Waals surface area contributed by atoms with Crippen molar-refractivity contribution in [3.63, 3.8) is 0 Å². The zero-order chi connectivity index (χ0) is 16.9. The van der Waals surface area contributed by atoms with E-state index in [1.807, 2.05) is 35.9 Å². The molecule has 0 atom stereocenters. The summed E-state index contributed by atoms with van der Waals surface area (Å²) in [6.07, 6.45) is 0. The first-order chi connectivity index (χ1) is 11.6. The van der Waals surface area contributed by atoms with Gasteiger partial charge in [0.2, 0.25) is 11.9 Å². The fourth-order valence-electron chi connectivity index (χ4n) is 2.33. The van der Waals surface area contributed by atoms with Gasteiger partial charge in [-0.25, -0.2) is 0 Å². The van der Waals surface area contributed by atoms with Crippen LogP contribution in [0.4, 0.5) is 11.6 Å². The number of ether oxygens (including phenoxy) is 1. The van der Waals surface area contributed by atoms with Crippen molar-refractivity contribution in [1.82, 2.24) is 14.8 Å². The van der Waals surface area contributed by atoms with Crippen molar-refractivity contribution in [2.45, 2.75) is 5.16 Å². The van der Waals surface area contributed by atoms with E-state index in [2.05, 4.69) is 36.3 Å². The number of carbonyl (C=O) groups is 1. The molecule has 1 aliphatic rings. The lowest BCUT2D eigenvalue weighted by molar-refractivity contribution is -0.113. The number of amides is 1. The minimum absolute atomic E-state index is 0.0711. The Balaban J connectivity index is 1.55. The Kier molecular flexibility index (Phi) is 5.75. The molecular formula is C15H18BrN5O2S. The van der Waals surface area contributed by atoms with Crippen LogP contribution >= 0.6 is 27.7 Å². The largest absolute Gasteiger partial charge is 0.378 e. The number of thioether (sulfide) groups is 1. The summed E-state index contributed by atoms with van der Waals surface area (Å²) in [6.45, 7) is 3.01. The normalized spacial score (nSPS) is 14.7. The van der Waals surface area contributed by atoms with Crippen molar-refractivity contribution in [2.75, 3.05) is 42.3 Å². The maximum atomic E-state index is 12.1. The van der Waals surface area contributed by atoms with Crippen LogP contribution in [-0.2, 0) is 16.6 Å². The third-order valence-electron chi connectivity index (χ3n) is 3.57. The fraction of sp³-hybridized carbons (Fsp3) is 0.400. The highest BCUT2D eigenvalue weighted by Gasteiger charge is 2.19. The Morgan fingerprint density at radius 3 is 2.71 bits per heavy atom. The molecule has 1 amide bonds. The Morgan fingerprint density at radius 2 is 2.00 bits per heavy atom. The summed E-state index contributed by atoms with van der Waals surface area (Å²) in [7, 11) is 1.92. The van der Waals surface area contributed by atoms with E-state index in [1.54, 1.807) is 0 Å². The lowest BCUT2D eigenvalue weighted by Gasteiger charge is -2.27. The topological polar surface area (TPSA) is 72.3 Å². The third kappa shape index (κ3) is 4.28. The molecular weight excluding hydrogens is 394 g/mol. The van der Waals surface area contributed by atoms with Crippen molar-refractivity contribution >= 4 is 45.2 Å². The van der Waals surface area contributed by atoms with Crippen molar-refractivity contribution in [3.8, 4) is 0 Å². The smallest absolute Gasteiger partial charge is 0.234 e. The van der Waals surface area contributed by atoms with E-state index in [0.29, 0.717) is 13.2 Å². The first kappa shape index (κ1) is 17.2. The van der Waals surface area contributed by atoms with Crippen molar-refractivity contribution in [1.29, 1.82) is 0 Å². The van der Waals surface area contributed by atoms with Gasteiger partial charge < -0.3 is 15.0 Å². The van der Waals surface area contributed by atoms with Crippen LogP contribution in [0, 0.1) is 0 Å². The molecule has 3 rings (SSSR count).